The molecule has 0 fully saturated rings. The Labute approximate surface area is 109 Å². The number of carboxylic acids is 1. The molecule has 1 unspecified atom stereocenters. The molecule has 0 spiro atoms. The molecule has 1 rings (SSSR count). The molecule has 1 aromatic rings. The maximum Gasteiger partial charge on any atom is 0.335 e. The molecule has 100 valence electrons. The Balaban J connectivity index is 2.55. The van der Waals surface area contributed by atoms with Gasteiger partial charge in [0.05, 0.1) is 5.56 Å². The van der Waals surface area contributed by atoms with E-state index in [0.29, 0.717) is 11.5 Å². The first-order chi connectivity index (χ1) is 8.54. The maximum atomic E-state index is 11.1. The van der Waals surface area contributed by atoms with E-state index in [1.54, 1.807) is 12.1 Å². The second kappa shape index (κ2) is 7.17. The van der Waals surface area contributed by atoms with Gasteiger partial charge in [-0.1, -0.05) is 38.5 Å². The molecule has 18 heavy (non-hydrogen) atoms. The summed E-state index contributed by atoms with van der Waals surface area (Å²) >= 11 is 0. The Morgan fingerprint density at radius 3 is 2.67 bits per heavy atom. The van der Waals surface area contributed by atoms with Gasteiger partial charge in [0.25, 0.3) is 0 Å². The number of hydrogen-bond acceptors (Lipinski definition) is 2. The van der Waals surface area contributed by atoms with Crippen LogP contribution in [0.4, 0.5) is 0 Å². The van der Waals surface area contributed by atoms with Crippen LogP contribution in [0.3, 0.4) is 0 Å². The Morgan fingerprint density at radius 1 is 1.39 bits per heavy atom. The molecule has 1 aromatic carbocycles. The van der Waals surface area contributed by atoms with Crippen molar-refractivity contribution in [3.8, 4) is 0 Å². The fourth-order valence-corrected chi connectivity index (χ4v) is 2.01. The number of nitrogens with zero attached hydrogens (tertiary/aromatic N) is 1. The lowest BCUT2D eigenvalue weighted by molar-refractivity contribution is 0.0695. The third kappa shape index (κ3) is 4.49. The highest BCUT2D eigenvalue weighted by Crippen LogP contribution is 2.11. The van der Waals surface area contributed by atoms with Crippen LogP contribution in [0.25, 0.3) is 0 Å². The van der Waals surface area contributed by atoms with Crippen molar-refractivity contribution in [3.63, 3.8) is 0 Å². The summed E-state index contributed by atoms with van der Waals surface area (Å²) in [6.45, 7) is 6.39. The lowest BCUT2D eigenvalue weighted by Crippen LogP contribution is -2.26. The zero-order valence-electron chi connectivity index (χ0n) is 11.5. The molecule has 3 heteroatoms. The molecule has 0 radical (unpaired) electrons. The van der Waals surface area contributed by atoms with Gasteiger partial charge in [-0.3, -0.25) is 0 Å². The third-order valence-corrected chi connectivity index (χ3v) is 3.33. The average Bonchev–Trinajstić information content (AvgIpc) is 2.36. The number of carboxylic acid groups (broad SMARTS) is 1. The lowest BCUT2D eigenvalue weighted by Gasteiger charge is -2.20. The van der Waals surface area contributed by atoms with E-state index in [4.69, 9.17) is 5.11 Å². The maximum absolute atomic E-state index is 11.1. The molecule has 1 atom stereocenters. The minimum absolute atomic E-state index is 0.425. The Kier molecular flexibility index (Phi) is 5.86. The number of carbonyl (C=O) groups is 1. The quantitative estimate of drug-likeness (QED) is 0.807. The number of aromatic carboxylic acids is 1. The van der Waals surface area contributed by atoms with Crippen molar-refractivity contribution in [2.45, 2.75) is 26.7 Å². The van der Waals surface area contributed by atoms with E-state index in [1.807, 2.05) is 12.1 Å². The molecule has 0 heterocycles. The molecule has 0 aromatic heterocycles. The highest BCUT2D eigenvalue weighted by Gasteiger charge is 2.10. The molecule has 3 nitrogen and oxygen atoms in total. The Morgan fingerprint density at radius 2 is 2.06 bits per heavy atom. The van der Waals surface area contributed by atoms with Gasteiger partial charge in [-0.25, -0.2) is 4.79 Å². The molecule has 0 amide bonds. The van der Waals surface area contributed by atoms with E-state index in [2.05, 4.69) is 25.8 Å². The van der Waals surface area contributed by atoms with Gasteiger partial charge in [0.2, 0.25) is 0 Å². The average molecular weight is 249 g/mol. The van der Waals surface area contributed by atoms with E-state index in [0.717, 1.165) is 25.1 Å². The first-order valence-electron chi connectivity index (χ1n) is 6.54. The minimum Gasteiger partial charge on any atom is -0.478 e. The van der Waals surface area contributed by atoms with Crippen LogP contribution in [0.1, 0.15) is 36.2 Å². The molecule has 0 aliphatic carbocycles. The summed E-state index contributed by atoms with van der Waals surface area (Å²) in [5.41, 5.74) is 1.34. The van der Waals surface area contributed by atoms with Crippen LogP contribution in [0.5, 0.6) is 0 Å². The topological polar surface area (TPSA) is 40.5 Å². The molecule has 0 saturated carbocycles. The van der Waals surface area contributed by atoms with Crippen LogP contribution in [-0.2, 0) is 6.42 Å². The highest BCUT2D eigenvalue weighted by atomic mass is 16.4. The summed E-state index contributed by atoms with van der Waals surface area (Å²) < 4.78 is 0. The lowest BCUT2D eigenvalue weighted by atomic mass is 10.0. The first-order valence-corrected chi connectivity index (χ1v) is 6.54. The summed E-state index contributed by atoms with van der Waals surface area (Å²) in [5, 5.41) is 9.10. The van der Waals surface area contributed by atoms with Gasteiger partial charge in [0.1, 0.15) is 0 Å². The highest BCUT2D eigenvalue weighted by molar-refractivity contribution is 5.89. The van der Waals surface area contributed by atoms with Crippen LogP contribution in [0.15, 0.2) is 24.3 Å². The van der Waals surface area contributed by atoms with Crippen LogP contribution >= 0.6 is 0 Å². The second-order valence-electron chi connectivity index (χ2n) is 4.99. The summed E-state index contributed by atoms with van der Waals surface area (Å²) in [6.07, 6.45) is 1.96. The zero-order valence-corrected chi connectivity index (χ0v) is 11.5. The standard InChI is InChI=1S/C15H23NO2/c1-4-12(2)11-16(3)10-9-13-7-5-6-8-14(13)15(17)18/h5-8,12H,4,9-11H2,1-3H3,(H,17,18). The number of benzene rings is 1. The van der Waals surface area contributed by atoms with E-state index >= 15 is 0 Å². The summed E-state index contributed by atoms with van der Waals surface area (Å²) in [7, 11) is 2.09. The van der Waals surface area contributed by atoms with E-state index in [-0.39, 0.29) is 0 Å². The van der Waals surface area contributed by atoms with Gasteiger partial charge >= 0.3 is 5.97 Å². The van der Waals surface area contributed by atoms with Crippen molar-refractivity contribution in [3.05, 3.63) is 35.4 Å². The smallest absolute Gasteiger partial charge is 0.335 e. The van der Waals surface area contributed by atoms with Gasteiger partial charge in [-0.15, -0.1) is 0 Å². The van der Waals surface area contributed by atoms with Gasteiger partial charge in [-0.2, -0.15) is 0 Å². The van der Waals surface area contributed by atoms with Gasteiger partial charge in [-0.05, 0) is 31.0 Å². The van der Waals surface area contributed by atoms with E-state index in [1.165, 1.54) is 6.42 Å². The van der Waals surface area contributed by atoms with Crippen molar-refractivity contribution in [1.29, 1.82) is 0 Å². The molecular weight excluding hydrogens is 226 g/mol. The number of likely N-dealkylation sites (N-methyl/N-ethyl adjacent to an activating group) is 1. The fraction of sp³-hybridized carbons (Fsp3) is 0.533. The summed E-state index contributed by atoms with van der Waals surface area (Å²) in [4.78, 5) is 13.3. The van der Waals surface area contributed by atoms with Crippen LogP contribution in [-0.4, -0.2) is 36.1 Å². The normalized spacial score (nSPS) is 12.7. The van der Waals surface area contributed by atoms with Gasteiger partial charge < -0.3 is 10.0 Å². The Hall–Kier alpha value is -1.35. The molecular formula is C15H23NO2. The SMILES string of the molecule is CCC(C)CN(C)CCc1ccccc1C(=O)O. The van der Waals surface area contributed by atoms with Crippen LogP contribution < -0.4 is 0 Å². The van der Waals surface area contributed by atoms with E-state index < -0.39 is 5.97 Å². The van der Waals surface area contributed by atoms with E-state index in [9.17, 15) is 4.79 Å². The summed E-state index contributed by atoms with van der Waals surface area (Å²) in [5.74, 6) is -0.153. The molecule has 0 aliphatic rings. The molecule has 1 N–H and O–H groups in total. The van der Waals surface area contributed by atoms with Gasteiger partial charge in [0.15, 0.2) is 0 Å². The predicted octanol–water partition coefficient (Wildman–Crippen LogP) is 2.91. The molecule has 0 aliphatic heterocycles. The summed E-state index contributed by atoms with van der Waals surface area (Å²) in [6, 6.07) is 7.25. The van der Waals surface area contributed by atoms with Crippen molar-refractivity contribution < 1.29 is 9.90 Å². The van der Waals surface area contributed by atoms with Crippen LogP contribution in [0.2, 0.25) is 0 Å². The Bertz CT molecular complexity index is 390. The molecule has 0 saturated heterocycles. The van der Waals surface area contributed by atoms with Crippen molar-refractivity contribution in [1.82, 2.24) is 4.90 Å². The third-order valence-electron chi connectivity index (χ3n) is 3.33. The number of rotatable bonds is 7. The molecule has 0 bridgehead atoms. The zero-order chi connectivity index (χ0) is 13.5. The fourth-order valence-electron chi connectivity index (χ4n) is 2.01. The van der Waals surface area contributed by atoms with Crippen LogP contribution in [0, 0.1) is 5.92 Å². The van der Waals surface area contributed by atoms with Crippen molar-refractivity contribution >= 4 is 5.97 Å². The predicted molar refractivity (Wildman–Crippen MR) is 74.1 cm³/mol. The largest absolute Gasteiger partial charge is 0.478 e. The van der Waals surface area contributed by atoms with Crippen molar-refractivity contribution in [2.24, 2.45) is 5.92 Å². The minimum atomic E-state index is -0.838. The monoisotopic (exact) mass is 249 g/mol. The number of hydrogen-bond donors (Lipinski definition) is 1. The second-order valence-corrected chi connectivity index (χ2v) is 4.99. The van der Waals surface area contributed by atoms with Crippen molar-refractivity contribution in [2.75, 3.05) is 20.1 Å². The first kappa shape index (κ1) is 14.7. The van der Waals surface area contributed by atoms with Gasteiger partial charge in [0, 0.05) is 13.1 Å².